The van der Waals surface area contributed by atoms with Crippen molar-refractivity contribution in [2.24, 2.45) is 0 Å². The molecular formula is C13H15FN2O3S. The van der Waals surface area contributed by atoms with Crippen LogP contribution in [0.4, 0.5) is 14.9 Å². The summed E-state index contributed by atoms with van der Waals surface area (Å²) in [5.74, 6) is -1.10. The van der Waals surface area contributed by atoms with Gasteiger partial charge >= 0.3 is 12.0 Å². The first-order chi connectivity index (χ1) is 9.47. The van der Waals surface area contributed by atoms with Crippen LogP contribution in [0.5, 0.6) is 0 Å². The molecular weight excluding hydrogens is 283 g/mol. The number of anilines is 1. The van der Waals surface area contributed by atoms with Gasteiger partial charge in [0.05, 0.1) is 11.3 Å². The van der Waals surface area contributed by atoms with Crippen LogP contribution in [0.3, 0.4) is 0 Å². The maximum Gasteiger partial charge on any atom is 0.335 e. The number of nitrogens with zero attached hydrogens (tertiary/aromatic N) is 1. The van der Waals surface area contributed by atoms with E-state index in [1.807, 2.05) is 6.92 Å². The number of carboxylic acid groups (broad SMARTS) is 1. The normalized spacial score (nSPS) is 18.7. The lowest BCUT2D eigenvalue weighted by molar-refractivity contribution is 0.0696. The zero-order valence-electron chi connectivity index (χ0n) is 10.9. The average molecular weight is 298 g/mol. The number of carbonyl (C=O) groups is 2. The van der Waals surface area contributed by atoms with Crippen LogP contribution >= 0.6 is 11.8 Å². The van der Waals surface area contributed by atoms with Crippen LogP contribution in [0, 0.1) is 5.82 Å². The summed E-state index contributed by atoms with van der Waals surface area (Å²) in [5.41, 5.74) is -0.158. The Morgan fingerprint density at radius 3 is 2.85 bits per heavy atom. The maximum atomic E-state index is 13.7. The summed E-state index contributed by atoms with van der Waals surface area (Å²) in [7, 11) is 0. The second-order valence-corrected chi connectivity index (χ2v) is 6.10. The van der Waals surface area contributed by atoms with E-state index in [0.29, 0.717) is 18.3 Å². The molecule has 1 aromatic carbocycles. The van der Waals surface area contributed by atoms with Gasteiger partial charge in [0.1, 0.15) is 5.82 Å². The molecule has 5 nitrogen and oxygen atoms in total. The minimum atomic E-state index is -1.20. The Morgan fingerprint density at radius 2 is 2.25 bits per heavy atom. The zero-order chi connectivity index (χ0) is 14.7. The van der Waals surface area contributed by atoms with Crippen LogP contribution < -0.4 is 5.32 Å². The first-order valence-corrected chi connectivity index (χ1v) is 7.22. The zero-order valence-corrected chi connectivity index (χ0v) is 11.7. The third-order valence-corrected chi connectivity index (χ3v) is 4.12. The number of hydrogen-bond acceptors (Lipinski definition) is 3. The third-order valence-electron chi connectivity index (χ3n) is 2.99. The van der Waals surface area contributed by atoms with E-state index in [9.17, 15) is 14.0 Å². The predicted molar refractivity (Wildman–Crippen MR) is 75.9 cm³/mol. The summed E-state index contributed by atoms with van der Waals surface area (Å²) < 4.78 is 13.7. The molecule has 0 aromatic heterocycles. The highest BCUT2D eigenvalue weighted by molar-refractivity contribution is 7.99. The Kier molecular flexibility index (Phi) is 4.49. The van der Waals surface area contributed by atoms with Gasteiger partial charge in [0.15, 0.2) is 0 Å². The number of amides is 2. The van der Waals surface area contributed by atoms with Crippen molar-refractivity contribution in [1.82, 2.24) is 4.90 Å². The molecule has 1 saturated heterocycles. The average Bonchev–Trinajstić information content (AvgIpc) is 2.40. The van der Waals surface area contributed by atoms with Gasteiger partial charge in [-0.05, 0) is 18.2 Å². The smallest absolute Gasteiger partial charge is 0.335 e. The van der Waals surface area contributed by atoms with Crippen LogP contribution in [0.1, 0.15) is 17.3 Å². The van der Waals surface area contributed by atoms with Crippen molar-refractivity contribution in [1.29, 1.82) is 0 Å². The minimum Gasteiger partial charge on any atom is -0.478 e. The highest BCUT2D eigenvalue weighted by Crippen LogP contribution is 2.20. The lowest BCUT2D eigenvalue weighted by Crippen LogP contribution is -2.43. The van der Waals surface area contributed by atoms with Gasteiger partial charge in [-0.2, -0.15) is 11.8 Å². The number of carbonyl (C=O) groups excluding carboxylic acids is 1. The van der Waals surface area contributed by atoms with Crippen LogP contribution in [0.25, 0.3) is 0 Å². The molecule has 2 rings (SSSR count). The summed E-state index contributed by atoms with van der Waals surface area (Å²) >= 11 is 1.79. The van der Waals surface area contributed by atoms with Crippen molar-refractivity contribution < 1.29 is 19.1 Å². The molecule has 1 aromatic rings. The van der Waals surface area contributed by atoms with E-state index in [-0.39, 0.29) is 17.3 Å². The van der Waals surface area contributed by atoms with Crippen molar-refractivity contribution in [3.8, 4) is 0 Å². The number of benzene rings is 1. The largest absolute Gasteiger partial charge is 0.478 e. The van der Waals surface area contributed by atoms with E-state index in [1.165, 1.54) is 12.1 Å². The fourth-order valence-electron chi connectivity index (χ4n) is 1.95. The summed E-state index contributed by atoms with van der Waals surface area (Å²) in [6.45, 7) is 3.27. The van der Waals surface area contributed by atoms with Crippen LogP contribution in [0.2, 0.25) is 0 Å². The Morgan fingerprint density at radius 1 is 1.50 bits per heavy atom. The number of carboxylic acids is 1. The lowest BCUT2D eigenvalue weighted by atomic mass is 10.2. The van der Waals surface area contributed by atoms with Crippen molar-refractivity contribution >= 4 is 29.4 Å². The molecule has 0 bridgehead atoms. The summed E-state index contributed by atoms with van der Waals surface area (Å²) in [6.07, 6.45) is 0. The number of thioether (sulfide) groups is 1. The highest BCUT2D eigenvalue weighted by atomic mass is 32.2. The van der Waals surface area contributed by atoms with E-state index in [2.05, 4.69) is 5.32 Å². The highest BCUT2D eigenvalue weighted by Gasteiger charge is 2.22. The lowest BCUT2D eigenvalue weighted by Gasteiger charge is -2.30. The molecule has 0 radical (unpaired) electrons. The molecule has 1 aliphatic rings. The molecule has 20 heavy (non-hydrogen) atoms. The Balaban J connectivity index is 2.06. The molecule has 1 aliphatic heterocycles. The number of aromatic carboxylic acids is 1. The van der Waals surface area contributed by atoms with Crippen LogP contribution in [0.15, 0.2) is 18.2 Å². The van der Waals surface area contributed by atoms with Gasteiger partial charge in [-0.25, -0.2) is 14.0 Å². The molecule has 7 heteroatoms. The molecule has 1 heterocycles. The van der Waals surface area contributed by atoms with E-state index in [1.54, 1.807) is 16.7 Å². The fourth-order valence-corrected chi connectivity index (χ4v) is 2.96. The van der Waals surface area contributed by atoms with Crippen molar-refractivity contribution in [2.45, 2.75) is 12.2 Å². The number of nitrogens with one attached hydrogen (secondary N) is 1. The van der Waals surface area contributed by atoms with E-state index in [0.717, 1.165) is 11.8 Å². The van der Waals surface area contributed by atoms with Gasteiger partial charge < -0.3 is 15.3 Å². The fraction of sp³-hybridized carbons (Fsp3) is 0.385. The molecule has 1 fully saturated rings. The topological polar surface area (TPSA) is 69.6 Å². The Labute approximate surface area is 120 Å². The van der Waals surface area contributed by atoms with Crippen molar-refractivity contribution in [3.05, 3.63) is 29.6 Å². The number of rotatable bonds is 2. The molecule has 1 unspecified atom stereocenters. The molecule has 0 saturated carbocycles. The van der Waals surface area contributed by atoms with E-state index >= 15 is 0 Å². The molecule has 2 N–H and O–H groups in total. The monoisotopic (exact) mass is 298 g/mol. The molecule has 0 spiro atoms. The third kappa shape index (κ3) is 3.41. The first kappa shape index (κ1) is 14.6. The number of urea groups is 1. The Bertz CT molecular complexity index is 538. The van der Waals surface area contributed by atoms with Gasteiger partial charge in [0.25, 0.3) is 0 Å². The van der Waals surface area contributed by atoms with Gasteiger partial charge in [-0.15, -0.1) is 0 Å². The van der Waals surface area contributed by atoms with Gasteiger partial charge in [0.2, 0.25) is 0 Å². The Hall–Kier alpha value is -1.76. The summed E-state index contributed by atoms with van der Waals surface area (Å²) in [5, 5.41) is 11.6. The number of halogens is 1. The minimum absolute atomic E-state index is 0.00844. The van der Waals surface area contributed by atoms with Crippen LogP contribution in [-0.4, -0.2) is 46.1 Å². The molecule has 2 amide bonds. The second-order valence-electron chi connectivity index (χ2n) is 4.56. The number of hydrogen-bond donors (Lipinski definition) is 2. The van der Waals surface area contributed by atoms with Gasteiger partial charge in [0, 0.05) is 24.1 Å². The van der Waals surface area contributed by atoms with Crippen LogP contribution in [-0.2, 0) is 0 Å². The second kappa shape index (κ2) is 6.13. The van der Waals surface area contributed by atoms with Gasteiger partial charge in [-0.1, -0.05) is 6.92 Å². The maximum absolute atomic E-state index is 13.7. The molecule has 108 valence electrons. The summed E-state index contributed by atoms with van der Waals surface area (Å²) in [6, 6.07) is 3.06. The molecule has 1 atom stereocenters. The SMILES string of the molecule is CC1CN(C(=O)Nc2ccc(C(=O)O)cc2F)CCS1. The van der Waals surface area contributed by atoms with Crippen molar-refractivity contribution in [2.75, 3.05) is 24.2 Å². The predicted octanol–water partition coefficient (Wildman–Crippen LogP) is 2.49. The van der Waals surface area contributed by atoms with Crippen molar-refractivity contribution in [3.63, 3.8) is 0 Å². The van der Waals surface area contributed by atoms with Gasteiger partial charge in [-0.3, -0.25) is 0 Å². The first-order valence-electron chi connectivity index (χ1n) is 6.17. The molecule has 0 aliphatic carbocycles. The summed E-state index contributed by atoms with van der Waals surface area (Å²) in [4.78, 5) is 24.3. The van der Waals surface area contributed by atoms with E-state index in [4.69, 9.17) is 5.11 Å². The standard InChI is InChI=1S/C13H15FN2O3S/c1-8-7-16(4-5-20-8)13(19)15-11-3-2-9(12(17)18)6-10(11)14/h2-3,6,8H,4-5,7H2,1H3,(H,15,19)(H,17,18). The van der Waals surface area contributed by atoms with E-state index < -0.39 is 11.8 Å². The quantitative estimate of drug-likeness (QED) is 0.880.